The second-order valence-electron chi connectivity index (χ2n) is 6.07. The number of nitrogens with zero attached hydrogens (tertiary/aromatic N) is 2. The minimum absolute atomic E-state index is 0.222. The summed E-state index contributed by atoms with van der Waals surface area (Å²) >= 11 is 5.90. The van der Waals surface area contributed by atoms with E-state index in [0.717, 1.165) is 5.56 Å². The number of carbonyl (C=O) groups excluding carboxylic acids is 1. The van der Waals surface area contributed by atoms with Gasteiger partial charge in [-0.3, -0.25) is 4.79 Å². The fraction of sp³-hybridized carbons (Fsp3) is 0.278. The van der Waals surface area contributed by atoms with Crippen molar-refractivity contribution in [1.29, 1.82) is 0 Å². The van der Waals surface area contributed by atoms with Crippen LogP contribution in [0.2, 0.25) is 5.02 Å². The van der Waals surface area contributed by atoms with Crippen LogP contribution < -0.4 is 5.32 Å². The number of anilines is 1. The van der Waals surface area contributed by atoms with Gasteiger partial charge in [-0.2, -0.15) is 17.0 Å². The predicted octanol–water partition coefficient (Wildman–Crippen LogP) is 2.73. The first kappa shape index (κ1) is 18.8. The molecule has 1 aliphatic heterocycles. The molecule has 26 heavy (non-hydrogen) atoms. The van der Waals surface area contributed by atoms with Crippen LogP contribution in [0.25, 0.3) is 0 Å². The lowest BCUT2D eigenvalue weighted by molar-refractivity contribution is -0.116. The molecule has 0 radical (unpaired) electrons. The monoisotopic (exact) mass is 393 g/mol. The summed E-state index contributed by atoms with van der Waals surface area (Å²) in [4.78, 5) is 12.3. The van der Waals surface area contributed by atoms with Gasteiger partial charge in [-0.25, -0.2) is 0 Å². The molecule has 2 aromatic rings. The zero-order valence-electron chi connectivity index (χ0n) is 14.1. The molecule has 0 aromatic heterocycles. The molecule has 0 saturated carbocycles. The Kier molecular flexibility index (Phi) is 5.93. The quantitative estimate of drug-likeness (QED) is 0.849. The molecule has 2 aromatic carbocycles. The van der Waals surface area contributed by atoms with Crippen molar-refractivity contribution in [2.24, 2.45) is 0 Å². The van der Waals surface area contributed by atoms with E-state index in [1.165, 1.54) is 8.61 Å². The number of nitrogens with one attached hydrogen (secondary N) is 1. The highest BCUT2D eigenvalue weighted by atomic mass is 35.5. The number of rotatable bonds is 5. The number of amides is 1. The molecule has 0 unspecified atom stereocenters. The van der Waals surface area contributed by atoms with Gasteiger partial charge in [0.15, 0.2) is 0 Å². The van der Waals surface area contributed by atoms with Gasteiger partial charge >= 0.3 is 0 Å². The average Bonchev–Trinajstić information content (AvgIpc) is 2.59. The second kappa shape index (κ2) is 8.18. The maximum atomic E-state index is 12.8. The maximum absolute atomic E-state index is 12.8. The number of benzene rings is 2. The summed E-state index contributed by atoms with van der Waals surface area (Å²) in [5.41, 5.74) is 1.46. The van der Waals surface area contributed by atoms with Crippen LogP contribution in [0.15, 0.2) is 54.6 Å². The van der Waals surface area contributed by atoms with Crippen molar-refractivity contribution in [2.75, 3.05) is 25.0 Å². The Morgan fingerprint density at radius 1 is 1.04 bits per heavy atom. The molecule has 1 saturated heterocycles. The number of hydrogen-bond donors (Lipinski definition) is 1. The topological polar surface area (TPSA) is 69.7 Å². The van der Waals surface area contributed by atoms with Crippen LogP contribution in [-0.4, -0.2) is 42.6 Å². The largest absolute Gasteiger partial charge is 0.325 e. The van der Waals surface area contributed by atoms with Gasteiger partial charge in [-0.1, -0.05) is 48.0 Å². The smallest absolute Gasteiger partial charge is 0.282 e. The Morgan fingerprint density at radius 2 is 1.77 bits per heavy atom. The predicted molar refractivity (Wildman–Crippen MR) is 102 cm³/mol. The Bertz CT molecular complexity index is 874. The molecule has 1 heterocycles. The molecule has 1 fully saturated rings. The molecule has 0 atom stereocenters. The van der Waals surface area contributed by atoms with E-state index in [1.54, 1.807) is 24.3 Å². The summed E-state index contributed by atoms with van der Waals surface area (Å²) in [6, 6.07) is 16.2. The molecule has 0 spiro atoms. The van der Waals surface area contributed by atoms with E-state index in [-0.39, 0.29) is 6.54 Å². The lowest BCUT2D eigenvalue weighted by Gasteiger charge is -2.34. The normalized spacial score (nSPS) is 17.7. The van der Waals surface area contributed by atoms with Crippen molar-refractivity contribution in [3.05, 3.63) is 65.2 Å². The van der Waals surface area contributed by atoms with E-state index in [1.807, 2.05) is 30.3 Å². The third-order valence-corrected chi connectivity index (χ3v) is 6.26. The third-order valence-electron chi connectivity index (χ3n) is 4.10. The highest BCUT2D eigenvalue weighted by Gasteiger charge is 2.34. The van der Waals surface area contributed by atoms with Gasteiger partial charge in [0.05, 0.1) is 6.54 Å². The van der Waals surface area contributed by atoms with Gasteiger partial charge in [0.1, 0.15) is 0 Å². The molecule has 0 aliphatic carbocycles. The van der Waals surface area contributed by atoms with E-state index >= 15 is 0 Å². The summed E-state index contributed by atoms with van der Waals surface area (Å²) < 4.78 is 28.3. The maximum Gasteiger partial charge on any atom is 0.282 e. The van der Waals surface area contributed by atoms with Gasteiger partial charge < -0.3 is 5.32 Å². The van der Waals surface area contributed by atoms with Crippen molar-refractivity contribution in [3.8, 4) is 0 Å². The fourth-order valence-electron chi connectivity index (χ4n) is 2.85. The van der Waals surface area contributed by atoms with Crippen LogP contribution in [0, 0.1) is 0 Å². The molecule has 6 nitrogen and oxygen atoms in total. The summed E-state index contributed by atoms with van der Waals surface area (Å²) in [7, 11) is -3.68. The molecular formula is C18H20ClN3O3S. The summed E-state index contributed by atoms with van der Waals surface area (Å²) in [6.07, 6.45) is 0.677. The van der Waals surface area contributed by atoms with E-state index in [9.17, 15) is 13.2 Å². The summed E-state index contributed by atoms with van der Waals surface area (Å²) in [5.74, 6) is -0.391. The van der Waals surface area contributed by atoms with Gasteiger partial charge in [0.25, 0.3) is 10.2 Å². The molecule has 3 rings (SSSR count). The first-order valence-corrected chi connectivity index (χ1v) is 10.1. The van der Waals surface area contributed by atoms with Crippen molar-refractivity contribution in [3.63, 3.8) is 0 Å². The van der Waals surface area contributed by atoms with Crippen LogP contribution in [-0.2, 0) is 21.5 Å². The molecule has 1 aliphatic rings. The van der Waals surface area contributed by atoms with Crippen LogP contribution in [0.4, 0.5) is 5.69 Å². The van der Waals surface area contributed by atoms with Crippen molar-refractivity contribution in [1.82, 2.24) is 8.61 Å². The minimum atomic E-state index is -3.68. The highest BCUT2D eigenvalue weighted by molar-refractivity contribution is 7.86. The van der Waals surface area contributed by atoms with E-state index in [0.29, 0.717) is 36.8 Å². The van der Waals surface area contributed by atoms with Gasteiger partial charge in [-0.15, -0.1) is 0 Å². The Balaban J connectivity index is 1.66. The first-order chi connectivity index (χ1) is 12.4. The van der Waals surface area contributed by atoms with E-state index < -0.39 is 16.1 Å². The molecule has 1 amide bonds. The number of carbonyl (C=O) groups is 1. The highest BCUT2D eigenvalue weighted by Crippen LogP contribution is 2.20. The minimum Gasteiger partial charge on any atom is -0.325 e. The summed E-state index contributed by atoms with van der Waals surface area (Å²) in [5, 5.41) is 3.19. The molecule has 0 bridgehead atoms. The number of hydrogen-bond acceptors (Lipinski definition) is 3. The first-order valence-electron chi connectivity index (χ1n) is 8.30. The zero-order chi connectivity index (χ0) is 18.6. The van der Waals surface area contributed by atoms with Crippen LogP contribution in [0.3, 0.4) is 0 Å². The summed E-state index contributed by atoms with van der Waals surface area (Å²) in [6.45, 7) is 0.857. The standard InChI is InChI=1S/C18H20ClN3O3S/c19-16-8-4-9-17(12-16)20-18(23)14-22-11-5-10-21(26(22,24)25)13-15-6-2-1-3-7-15/h1-4,6-9,12H,5,10-11,13-14H2,(H,20,23). The van der Waals surface area contributed by atoms with Gasteiger partial charge in [-0.05, 0) is 30.2 Å². The fourth-order valence-corrected chi connectivity index (χ4v) is 4.68. The molecule has 138 valence electrons. The Hall–Kier alpha value is -1.93. The number of halogens is 1. The SMILES string of the molecule is O=C(CN1CCCN(Cc2ccccc2)S1(=O)=O)Nc1cccc(Cl)c1. The molecular weight excluding hydrogens is 374 g/mol. The third kappa shape index (κ3) is 4.62. The average molecular weight is 394 g/mol. The van der Waals surface area contributed by atoms with Crippen LogP contribution >= 0.6 is 11.6 Å². The van der Waals surface area contributed by atoms with Crippen LogP contribution in [0.1, 0.15) is 12.0 Å². The van der Waals surface area contributed by atoms with Gasteiger partial charge in [0, 0.05) is 30.3 Å². The lowest BCUT2D eigenvalue weighted by atomic mass is 10.2. The van der Waals surface area contributed by atoms with Crippen LogP contribution in [0.5, 0.6) is 0 Å². The second-order valence-corrected chi connectivity index (χ2v) is 8.44. The van der Waals surface area contributed by atoms with E-state index in [4.69, 9.17) is 11.6 Å². The van der Waals surface area contributed by atoms with E-state index in [2.05, 4.69) is 5.32 Å². The molecule has 8 heteroatoms. The zero-order valence-corrected chi connectivity index (χ0v) is 15.7. The van der Waals surface area contributed by atoms with Crippen molar-refractivity contribution < 1.29 is 13.2 Å². The van der Waals surface area contributed by atoms with Crippen molar-refractivity contribution in [2.45, 2.75) is 13.0 Å². The van der Waals surface area contributed by atoms with Crippen molar-refractivity contribution >= 4 is 33.4 Å². The van der Waals surface area contributed by atoms with Gasteiger partial charge in [0.2, 0.25) is 5.91 Å². The Morgan fingerprint density at radius 3 is 2.50 bits per heavy atom. The Labute approximate surface area is 158 Å². The molecule has 1 N–H and O–H groups in total. The lowest BCUT2D eigenvalue weighted by Crippen LogP contribution is -2.51.